The number of carbonyl (C=O) groups is 3. The summed E-state index contributed by atoms with van der Waals surface area (Å²) in [7, 11) is 0. The quantitative estimate of drug-likeness (QED) is 0.239. The molecular formula is C31H31FN6O6. The van der Waals surface area contributed by atoms with Crippen molar-refractivity contribution in [2.24, 2.45) is 5.92 Å². The SMILES string of the molecule is CC(C)[C@H](NC(=O)Cn1c(-c2ccc(F)cc2)ncc(NC(=O)OCc2ccccc2)c1=O)C(=O)c1nnc(C2(C)CC2)o1. The van der Waals surface area contributed by atoms with Crippen LogP contribution in [0.5, 0.6) is 0 Å². The number of benzene rings is 2. The molecule has 228 valence electrons. The van der Waals surface area contributed by atoms with Crippen molar-refractivity contribution < 1.29 is 27.9 Å². The first-order valence-electron chi connectivity index (χ1n) is 14.0. The van der Waals surface area contributed by atoms with E-state index in [1.807, 2.05) is 13.0 Å². The summed E-state index contributed by atoms with van der Waals surface area (Å²) in [6.45, 7) is 4.84. The number of hydrogen-bond donors (Lipinski definition) is 2. The summed E-state index contributed by atoms with van der Waals surface area (Å²) in [5, 5.41) is 12.9. The molecule has 1 atom stereocenters. The van der Waals surface area contributed by atoms with E-state index < -0.39 is 41.7 Å². The Hall–Kier alpha value is -5.20. The molecular weight excluding hydrogens is 571 g/mol. The Labute approximate surface area is 251 Å². The number of anilines is 1. The number of aromatic nitrogens is 4. The highest BCUT2D eigenvalue weighted by atomic mass is 19.1. The molecule has 2 amide bonds. The lowest BCUT2D eigenvalue weighted by Gasteiger charge is -2.21. The van der Waals surface area contributed by atoms with E-state index in [9.17, 15) is 23.6 Å². The zero-order chi connectivity index (χ0) is 31.4. The van der Waals surface area contributed by atoms with Crippen molar-refractivity contribution in [2.45, 2.75) is 58.2 Å². The lowest BCUT2D eigenvalue weighted by molar-refractivity contribution is -0.122. The summed E-state index contributed by atoms with van der Waals surface area (Å²) >= 11 is 0. The minimum absolute atomic E-state index is 0.0320. The Balaban J connectivity index is 1.37. The van der Waals surface area contributed by atoms with Gasteiger partial charge in [0.05, 0.1) is 12.2 Å². The second-order valence-electron chi connectivity index (χ2n) is 11.2. The topological polar surface area (TPSA) is 158 Å². The molecule has 0 unspecified atom stereocenters. The van der Waals surface area contributed by atoms with Crippen LogP contribution in [0, 0.1) is 11.7 Å². The summed E-state index contributed by atoms with van der Waals surface area (Å²) in [5.41, 5.74) is -0.157. The van der Waals surface area contributed by atoms with Gasteiger partial charge in [-0.1, -0.05) is 51.1 Å². The van der Waals surface area contributed by atoms with Gasteiger partial charge >= 0.3 is 6.09 Å². The van der Waals surface area contributed by atoms with Crippen molar-refractivity contribution in [1.29, 1.82) is 0 Å². The molecule has 0 radical (unpaired) electrons. The summed E-state index contributed by atoms with van der Waals surface area (Å²) < 4.78 is 25.5. The largest absolute Gasteiger partial charge is 0.444 e. The Morgan fingerprint density at radius 1 is 1.07 bits per heavy atom. The first kappa shape index (κ1) is 30.3. The number of rotatable bonds is 11. The van der Waals surface area contributed by atoms with Gasteiger partial charge in [0.15, 0.2) is 0 Å². The van der Waals surface area contributed by atoms with Crippen molar-refractivity contribution >= 4 is 23.5 Å². The maximum Gasteiger partial charge on any atom is 0.412 e. The lowest BCUT2D eigenvalue weighted by atomic mass is 9.99. The molecule has 13 heteroatoms. The normalized spacial score (nSPS) is 14.1. The van der Waals surface area contributed by atoms with E-state index in [0.717, 1.165) is 29.2 Å². The summed E-state index contributed by atoms with van der Waals surface area (Å²) in [5.74, 6) is -1.91. The first-order chi connectivity index (χ1) is 21.0. The van der Waals surface area contributed by atoms with Crippen molar-refractivity contribution in [3.05, 3.63) is 94.3 Å². The van der Waals surface area contributed by atoms with Crippen LogP contribution in [0.2, 0.25) is 0 Å². The minimum atomic E-state index is -1.03. The smallest absolute Gasteiger partial charge is 0.412 e. The molecule has 1 aliphatic carbocycles. The first-order valence-corrected chi connectivity index (χ1v) is 14.0. The van der Waals surface area contributed by atoms with Crippen LogP contribution in [-0.2, 0) is 28.1 Å². The van der Waals surface area contributed by atoms with Gasteiger partial charge in [0.1, 0.15) is 30.5 Å². The van der Waals surface area contributed by atoms with E-state index in [-0.39, 0.29) is 35.3 Å². The van der Waals surface area contributed by atoms with Crippen LogP contribution in [-0.4, -0.2) is 43.6 Å². The summed E-state index contributed by atoms with van der Waals surface area (Å²) in [6, 6.07) is 13.1. The fraction of sp³-hybridized carbons (Fsp3) is 0.323. The van der Waals surface area contributed by atoms with Crippen molar-refractivity contribution in [2.75, 3.05) is 5.32 Å². The lowest BCUT2D eigenvalue weighted by Crippen LogP contribution is -2.46. The molecule has 1 saturated carbocycles. The van der Waals surface area contributed by atoms with Crippen LogP contribution in [0.4, 0.5) is 14.9 Å². The number of carbonyl (C=O) groups excluding carboxylic acids is 3. The van der Waals surface area contributed by atoms with Gasteiger partial charge in [-0.25, -0.2) is 14.2 Å². The number of hydrogen-bond acceptors (Lipinski definition) is 9. The molecule has 0 bridgehead atoms. The van der Waals surface area contributed by atoms with Gasteiger partial charge in [-0.3, -0.25) is 24.3 Å². The summed E-state index contributed by atoms with van der Waals surface area (Å²) in [6.07, 6.45) is 1.99. The highest BCUT2D eigenvalue weighted by molar-refractivity contribution is 5.98. The highest BCUT2D eigenvalue weighted by Gasteiger charge is 2.45. The molecule has 1 aliphatic rings. The third-order valence-electron chi connectivity index (χ3n) is 7.32. The average molecular weight is 603 g/mol. The Morgan fingerprint density at radius 3 is 2.43 bits per heavy atom. The number of amides is 2. The second kappa shape index (κ2) is 12.6. The Bertz CT molecular complexity index is 1730. The van der Waals surface area contributed by atoms with E-state index >= 15 is 0 Å². The van der Waals surface area contributed by atoms with Gasteiger partial charge in [0.25, 0.3) is 11.4 Å². The number of halogens is 1. The predicted octanol–water partition coefficient (Wildman–Crippen LogP) is 4.26. The molecule has 5 rings (SSSR count). The van der Waals surface area contributed by atoms with Gasteiger partial charge < -0.3 is 14.5 Å². The molecule has 1 fully saturated rings. The summed E-state index contributed by atoms with van der Waals surface area (Å²) in [4.78, 5) is 56.9. The van der Waals surface area contributed by atoms with E-state index in [2.05, 4.69) is 25.8 Å². The molecule has 2 aromatic carbocycles. The van der Waals surface area contributed by atoms with Crippen molar-refractivity contribution in [3.63, 3.8) is 0 Å². The molecule has 2 heterocycles. The zero-order valence-corrected chi connectivity index (χ0v) is 24.4. The maximum absolute atomic E-state index is 13.6. The number of ketones is 1. The standard InChI is InChI=1S/C31H31FN6O6/c1-18(2)24(25(40)27-36-37-29(44-27)31(3)13-14-31)35-23(39)16-38-26(20-9-11-21(32)12-10-20)33-15-22(28(38)41)34-30(42)43-17-19-7-5-4-6-8-19/h4-12,15,18,24H,13-14,16-17H2,1-3H3,(H,34,42)(H,35,39)/t24-/m0/s1. The molecule has 0 spiro atoms. The molecule has 12 nitrogen and oxygen atoms in total. The zero-order valence-electron chi connectivity index (χ0n) is 24.4. The number of nitrogens with zero attached hydrogens (tertiary/aromatic N) is 4. The minimum Gasteiger partial charge on any atom is -0.444 e. The average Bonchev–Trinajstić information content (AvgIpc) is 3.55. The Morgan fingerprint density at radius 2 is 1.77 bits per heavy atom. The van der Waals surface area contributed by atoms with Gasteiger partial charge in [0, 0.05) is 11.0 Å². The molecule has 0 aliphatic heterocycles. The second-order valence-corrected chi connectivity index (χ2v) is 11.2. The van der Waals surface area contributed by atoms with Gasteiger partial charge in [-0.05, 0) is 48.6 Å². The van der Waals surface area contributed by atoms with Crippen LogP contribution in [0.25, 0.3) is 11.4 Å². The molecule has 2 aromatic heterocycles. The van der Waals surface area contributed by atoms with Crippen LogP contribution < -0.4 is 16.2 Å². The van der Waals surface area contributed by atoms with Crippen LogP contribution >= 0.6 is 0 Å². The van der Waals surface area contributed by atoms with E-state index in [0.29, 0.717) is 11.5 Å². The van der Waals surface area contributed by atoms with Crippen LogP contribution in [0.1, 0.15) is 55.8 Å². The van der Waals surface area contributed by atoms with E-state index in [1.165, 1.54) is 24.3 Å². The Kier molecular flexibility index (Phi) is 8.65. The molecule has 44 heavy (non-hydrogen) atoms. The van der Waals surface area contributed by atoms with Crippen LogP contribution in [0.15, 0.2) is 70.0 Å². The molecule has 2 N–H and O–H groups in total. The molecule has 0 saturated heterocycles. The van der Waals surface area contributed by atoms with Crippen molar-refractivity contribution in [3.8, 4) is 11.4 Å². The molecule has 4 aromatic rings. The fourth-order valence-electron chi connectivity index (χ4n) is 4.42. The monoisotopic (exact) mass is 602 g/mol. The van der Waals surface area contributed by atoms with Gasteiger partial charge in [-0.2, -0.15) is 0 Å². The third kappa shape index (κ3) is 6.88. The predicted molar refractivity (Wildman–Crippen MR) is 156 cm³/mol. The number of nitrogens with one attached hydrogen (secondary N) is 2. The van der Waals surface area contributed by atoms with Crippen LogP contribution in [0.3, 0.4) is 0 Å². The van der Waals surface area contributed by atoms with Crippen molar-refractivity contribution in [1.82, 2.24) is 25.1 Å². The number of Topliss-reactive ketones (excluding diaryl/α,β-unsaturated/α-hetero) is 1. The highest BCUT2D eigenvalue weighted by Crippen LogP contribution is 2.46. The van der Waals surface area contributed by atoms with E-state index in [1.54, 1.807) is 38.1 Å². The third-order valence-corrected chi connectivity index (χ3v) is 7.32. The van der Waals surface area contributed by atoms with Gasteiger partial charge in [-0.15, -0.1) is 10.2 Å². The maximum atomic E-state index is 13.6. The van der Waals surface area contributed by atoms with Gasteiger partial charge in [0.2, 0.25) is 17.6 Å². The number of ether oxygens (including phenoxy) is 1. The van der Waals surface area contributed by atoms with E-state index in [4.69, 9.17) is 9.15 Å². The fourth-order valence-corrected chi connectivity index (χ4v) is 4.42.